The van der Waals surface area contributed by atoms with Crippen molar-refractivity contribution in [3.63, 3.8) is 0 Å². The van der Waals surface area contributed by atoms with E-state index in [4.69, 9.17) is 0 Å². The number of pyridine rings is 1. The third kappa shape index (κ3) is 12.1. The summed E-state index contributed by atoms with van der Waals surface area (Å²) < 4.78 is 0. The molecular formula is C47H60N6O6. The van der Waals surface area contributed by atoms with Crippen molar-refractivity contribution in [1.82, 2.24) is 30.7 Å². The Hall–Kier alpha value is -5.75. The Morgan fingerprint density at radius 3 is 2.00 bits per heavy atom. The van der Waals surface area contributed by atoms with Crippen molar-refractivity contribution in [2.75, 3.05) is 13.1 Å². The summed E-state index contributed by atoms with van der Waals surface area (Å²) in [6, 6.07) is 27.3. The van der Waals surface area contributed by atoms with Crippen LogP contribution in [0.15, 0.2) is 103 Å². The van der Waals surface area contributed by atoms with E-state index in [1.54, 1.807) is 36.8 Å². The van der Waals surface area contributed by atoms with Crippen LogP contribution in [0.2, 0.25) is 0 Å². The second-order valence-electron chi connectivity index (χ2n) is 17.8. The number of hydrogen-bond acceptors (Lipinski definition) is 6. The zero-order valence-corrected chi connectivity index (χ0v) is 35.3. The fourth-order valence-electron chi connectivity index (χ4n) is 7.76. The molecule has 1 aliphatic rings. The number of aryl methyl sites for hydroxylation is 1. The maximum atomic E-state index is 14.6. The first kappa shape index (κ1) is 44.4. The number of carboxylic acid groups (broad SMARTS) is 1. The van der Waals surface area contributed by atoms with Gasteiger partial charge in [0.2, 0.25) is 11.8 Å². The van der Waals surface area contributed by atoms with Gasteiger partial charge in [-0.05, 0) is 71.4 Å². The Labute approximate surface area is 348 Å². The molecule has 5 amide bonds. The van der Waals surface area contributed by atoms with Gasteiger partial charge in [-0.25, -0.2) is 9.59 Å². The molecule has 2 heterocycles. The van der Waals surface area contributed by atoms with Crippen molar-refractivity contribution in [3.8, 4) is 11.3 Å². The molecule has 12 heteroatoms. The van der Waals surface area contributed by atoms with E-state index in [1.165, 1.54) is 0 Å². The van der Waals surface area contributed by atoms with Crippen LogP contribution >= 0.6 is 0 Å². The number of aliphatic hydroxyl groups is 1. The van der Waals surface area contributed by atoms with Gasteiger partial charge in [0.25, 0.3) is 0 Å². The maximum Gasteiger partial charge on any atom is 0.405 e. The van der Waals surface area contributed by atoms with Crippen LogP contribution in [-0.4, -0.2) is 92.3 Å². The largest absolute Gasteiger partial charge is 0.465 e. The molecule has 0 bridgehead atoms. The van der Waals surface area contributed by atoms with Crippen LogP contribution in [0.1, 0.15) is 70.2 Å². The van der Waals surface area contributed by atoms with Gasteiger partial charge in [0, 0.05) is 37.4 Å². The van der Waals surface area contributed by atoms with E-state index in [-0.39, 0.29) is 24.8 Å². The highest BCUT2D eigenvalue weighted by molar-refractivity contribution is 5.89. The summed E-state index contributed by atoms with van der Waals surface area (Å²) in [5, 5.41) is 30.4. The number of nitrogens with one attached hydrogen (secondary N) is 3. The highest BCUT2D eigenvalue weighted by Crippen LogP contribution is 2.30. The van der Waals surface area contributed by atoms with Gasteiger partial charge in [0.1, 0.15) is 12.1 Å². The topological polar surface area (TPSA) is 164 Å². The number of benzene rings is 3. The molecule has 1 fully saturated rings. The van der Waals surface area contributed by atoms with Crippen molar-refractivity contribution < 1.29 is 29.4 Å². The summed E-state index contributed by atoms with van der Waals surface area (Å²) in [5.41, 5.74) is 4.21. The minimum atomic E-state index is -1.32. The molecule has 12 nitrogen and oxygen atoms in total. The molecular weight excluding hydrogens is 745 g/mol. The fraction of sp³-hybridized carbons (Fsp3) is 0.426. The number of aliphatic hydroxyl groups excluding tert-OH is 1. The van der Waals surface area contributed by atoms with Crippen molar-refractivity contribution >= 4 is 23.9 Å². The lowest BCUT2D eigenvalue weighted by molar-refractivity contribution is -0.131. The van der Waals surface area contributed by atoms with E-state index < -0.39 is 53.1 Å². The Morgan fingerprint density at radius 2 is 1.39 bits per heavy atom. The van der Waals surface area contributed by atoms with Gasteiger partial charge in [-0.15, -0.1) is 0 Å². The zero-order chi connectivity index (χ0) is 42.9. The molecule has 0 aliphatic carbocycles. The lowest BCUT2D eigenvalue weighted by Crippen LogP contribution is -2.59. The van der Waals surface area contributed by atoms with Gasteiger partial charge in [-0.3, -0.25) is 14.6 Å². The van der Waals surface area contributed by atoms with Crippen molar-refractivity contribution in [1.29, 1.82) is 0 Å². The average molecular weight is 805 g/mol. The third-order valence-electron chi connectivity index (χ3n) is 10.9. The molecule has 5 N–H and O–H groups in total. The van der Waals surface area contributed by atoms with Crippen LogP contribution in [0.4, 0.5) is 9.59 Å². The van der Waals surface area contributed by atoms with Gasteiger partial charge >= 0.3 is 12.1 Å². The van der Waals surface area contributed by atoms with Crippen LogP contribution in [0.5, 0.6) is 0 Å². The molecule has 1 aliphatic heterocycles. The first-order chi connectivity index (χ1) is 27.9. The summed E-state index contributed by atoms with van der Waals surface area (Å²) in [7, 11) is 0. The first-order valence-corrected chi connectivity index (χ1v) is 20.3. The lowest BCUT2D eigenvalue weighted by Gasteiger charge is -2.38. The smallest absolute Gasteiger partial charge is 0.405 e. The molecule has 0 radical (unpaired) electrons. The minimum absolute atomic E-state index is 0.0302. The summed E-state index contributed by atoms with van der Waals surface area (Å²) in [6.45, 7) is 14.4. The summed E-state index contributed by atoms with van der Waals surface area (Å²) in [5.74, 6) is -0.908. The number of nitrogens with zero attached hydrogens (tertiary/aromatic N) is 3. The first-order valence-electron chi connectivity index (χ1n) is 20.3. The number of hydrogen-bond donors (Lipinski definition) is 5. The van der Waals surface area contributed by atoms with Gasteiger partial charge in [0.05, 0.1) is 17.8 Å². The maximum absolute atomic E-state index is 14.6. The average Bonchev–Trinajstić information content (AvgIpc) is 3.52. The summed E-state index contributed by atoms with van der Waals surface area (Å²) in [4.78, 5) is 62.1. The summed E-state index contributed by atoms with van der Waals surface area (Å²) >= 11 is 0. The molecule has 0 unspecified atom stereocenters. The lowest BCUT2D eigenvalue weighted by atomic mass is 9.84. The van der Waals surface area contributed by atoms with Crippen molar-refractivity contribution in [3.05, 3.63) is 126 Å². The second kappa shape index (κ2) is 19.3. The van der Waals surface area contributed by atoms with Crippen LogP contribution in [0, 0.1) is 17.8 Å². The Bertz CT molecular complexity index is 2030. The molecule has 1 aromatic heterocycles. The van der Waals surface area contributed by atoms with E-state index in [0.29, 0.717) is 26.1 Å². The fourth-order valence-corrected chi connectivity index (χ4v) is 7.76. The molecule has 314 valence electrons. The monoisotopic (exact) mass is 804 g/mol. The molecule has 0 spiro atoms. The Morgan fingerprint density at radius 1 is 0.746 bits per heavy atom. The number of carbonyl (C=O) groups excluding carboxylic acids is 3. The van der Waals surface area contributed by atoms with Gasteiger partial charge in [-0.2, -0.15) is 0 Å². The predicted octanol–water partition coefficient (Wildman–Crippen LogP) is 6.60. The minimum Gasteiger partial charge on any atom is -0.465 e. The van der Waals surface area contributed by atoms with E-state index >= 15 is 0 Å². The van der Waals surface area contributed by atoms with Crippen LogP contribution < -0.4 is 16.0 Å². The van der Waals surface area contributed by atoms with Crippen molar-refractivity contribution in [2.24, 2.45) is 10.8 Å². The normalized spacial score (nSPS) is 15.8. The standard InChI is InChI=1S/C47H60N6O6/c1-31-15-11-12-18-35(31)30-52-25-26-53(45(52)59)41(47(5,6)7)43(56)50-38(28-32-16-9-8-10-17-32)39(54)29-36(49-42(55)40(46(2,3)4)51-44(57)58)27-33-20-22-34(23-21-33)37-19-13-14-24-48-37/h8-24,36,38-41,51,54H,25-30H2,1-7H3,(H,49,55)(H,50,56)(H,57,58)/t36-,38+,39+,40-,41-/m1/s1. The van der Waals surface area contributed by atoms with E-state index in [0.717, 1.165) is 33.5 Å². The van der Waals surface area contributed by atoms with E-state index in [2.05, 4.69) is 20.9 Å². The molecule has 5 atom stereocenters. The Kier molecular flexibility index (Phi) is 14.5. The van der Waals surface area contributed by atoms with Crippen LogP contribution in [-0.2, 0) is 29.0 Å². The van der Waals surface area contributed by atoms with Crippen molar-refractivity contribution in [2.45, 2.75) is 105 Å². The second-order valence-corrected chi connectivity index (χ2v) is 17.8. The molecule has 59 heavy (non-hydrogen) atoms. The van der Waals surface area contributed by atoms with E-state index in [9.17, 15) is 29.4 Å². The SMILES string of the molecule is Cc1ccccc1CN1CCN([C@H](C(=O)N[C@@H](Cc2ccccc2)[C@@H](O)C[C@@H](Cc2ccc(-c3ccccn3)cc2)NC(=O)[C@@H](NC(=O)O)C(C)(C)C)C(C)(C)C)C1=O. The van der Waals surface area contributed by atoms with Crippen LogP contribution in [0.3, 0.4) is 0 Å². The number of urea groups is 1. The van der Waals surface area contributed by atoms with Crippen LogP contribution in [0.25, 0.3) is 11.3 Å². The molecule has 0 saturated carbocycles. The Balaban J connectivity index is 1.41. The molecule has 3 aromatic carbocycles. The van der Waals surface area contributed by atoms with Gasteiger partial charge < -0.3 is 36.0 Å². The number of carbonyl (C=O) groups is 4. The highest BCUT2D eigenvalue weighted by atomic mass is 16.4. The quantitative estimate of drug-likeness (QED) is 0.0853. The molecule has 4 aromatic rings. The highest BCUT2D eigenvalue weighted by Gasteiger charge is 2.44. The third-order valence-corrected chi connectivity index (χ3v) is 10.9. The molecule has 1 saturated heterocycles. The van der Waals surface area contributed by atoms with Gasteiger partial charge in [0.15, 0.2) is 0 Å². The van der Waals surface area contributed by atoms with E-state index in [1.807, 2.05) is 125 Å². The predicted molar refractivity (Wildman–Crippen MR) is 229 cm³/mol. The number of aromatic nitrogens is 1. The summed E-state index contributed by atoms with van der Waals surface area (Å²) in [6.07, 6.45) is -0.136. The molecule has 5 rings (SSSR count). The van der Waals surface area contributed by atoms with Gasteiger partial charge in [-0.1, -0.05) is 126 Å². The number of amides is 5. The zero-order valence-electron chi connectivity index (χ0n) is 35.3. The number of rotatable bonds is 16.